The molecule has 0 radical (unpaired) electrons. The summed E-state index contributed by atoms with van der Waals surface area (Å²) in [6.07, 6.45) is 4.45. The van der Waals surface area contributed by atoms with Gasteiger partial charge in [-0.25, -0.2) is 0 Å². The molecule has 0 bridgehead atoms. The predicted octanol–water partition coefficient (Wildman–Crippen LogP) is 5.20. The molecule has 0 aromatic heterocycles. The van der Waals surface area contributed by atoms with Crippen molar-refractivity contribution in [2.75, 3.05) is 6.61 Å². The maximum Gasteiger partial charge on any atom is 0.295 e. The number of hydrogen-bond donors (Lipinski definition) is 2. The molecule has 1 heterocycles. The van der Waals surface area contributed by atoms with E-state index in [-0.39, 0.29) is 28.1 Å². The molecule has 32 heavy (non-hydrogen) atoms. The van der Waals surface area contributed by atoms with Crippen molar-refractivity contribution in [1.82, 2.24) is 4.90 Å². The van der Waals surface area contributed by atoms with Crippen molar-refractivity contribution in [2.24, 2.45) is 0 Å². The van der Waals surface area contributed by atoms with Crippen LogP contribution in [0.4, 0.5) is 0 Å². The number of hydrogen-bond acceptors (Lipinski definition) is 5. The number of phenolic OH excluding ortho intramolecular Hbond substituents is 1. The molecule has 0 spiro atoms. The first-order chi connectivity index (χ1) is 15.4. The number of aliphatic hydroxyl groups excluding tert-OH is 1. The summed E-state index contributed by atoms with van der Waals surface area (Å²) in [5, 5.41) is 21.1. The van der Waals surface area contributed by atoms with Gasteiger partial charge in [-0.3, -0.25) is 9.59 Å². The molecule has 1 saturated carbocycles. The maximum atomic E-state index is 13.1. The number of amides is 1. The molecule has 1 aliphatic carbocycles. The van der Waals surface area contributed by atoms with E-state index in [4.69, 9.17) is 16.3 Å². The molecular weight excluding hydrogens is 430 g/mol. The van der Waals surface area contributed by atoms with Crippen LogP contribution in [-0.2, 0) is 9.59 Å². The number of rotatable bonds is 6. The van der Waals surface area contributed by atoms with Gasteiger partial charge in [-0.1, -0.05) is 37.4 Å². The van der Waals surface area contributed by atoms with E-state index in [9.17, 15) is 19.8 Å². The Hall–Kier alpha value is -2.99. The Balaban J connectivity index is 1.80. The fraction of sp³-hybridized carbons (Fsp3) is 0.360. The SMILES string of the molecule is CCCOc1ccc(/C(O)=C2/C(=O)C(=O)N(C3CCCC3)C2c2ccc(O)c(Cl)c2)cc1. The van der Waals surface area contributed by atoms with Gasteiger partial charge in [0.15, 0.2) is 0 Å². The average Bonchev–Trinajstić information content (AvgIpc) is 3.41. The van der Waals surface area contributed by atoms with Crippen molar-refractivity contribution < 1.29 is 24.5 Å². The first-order valence-electron chi connectivity index (χ1n) is 10.9. The van der Waals surface area contributed by atoms with E-state index in [0.717, 1.165) is 32.1 Å². The molecule has 2 aliphatic rings. The van der Waals surface area contributed by atoms with Crippen LogP contribution in [0.25, 0.3) is 5.76 Å². The Morgan fingerprint density at radius 3 is 2.44 bits per heavy atom. The molecule has 4 rings (SSSR count). The number of aromatic hydroxyl groups is 1. The van der Waals surface area contributed by atoms with Gasteiger partial charge in [-0.15, -0.1) is 0 Å². The van der Waals surface area contributed by atoms with Crippen LogP contribution in [0.1, 0.15) is 56.2 Å². The number of ether oxygens (including phenoxy) is 1. The van der Waals surface area contributed by atoms with Gasteiger partial charge in [-0.05, 0) is 61.2 Å². The summed E-state index contributed by atoms with van der Waals surface area (Å²) in [4.78, 5) is 27.8. The van der Waals surface area contributed by atoms with Crippen LogP contribution in [0, 0.1) is 0 Å². The van der Waals surface area contributed by atoms with E-state index >= 15 is 0 Å². The Bertz CT molecular complexity index is 1060. The highest BCUT2D eigenvalue weighted by molar-refractivity contribution is 6.46. The van der Waals surface area contributed by atoms with Gasteiger partial charge in [0.2, 0.25) is 0 Å². The summed E-state index contributed by atoms with van der Waals surface area (Å²) < 4.78 is 5.59. The topological polar surface area (TPSA) is 87.1 Å². The molecule has 1 atom stereocenters. The third-order valence-electron chi connectivity index (χ3n) is 6.09. The molecule has 2 N–H and O–H groups in total. The molecule has 2 aromatic rings. The molecule has 2 aromatic carbocycles. The molecule has 6 nitrogen and oxygen atoms in total. The van der Waals surface area contributed by atoms with Crippen molar-refractivity contribution in [3.05, 3.63) is 64.2 Å². The van der Waals surface area contributed by atoms with Crippen LogP contribution in [0.15, 0.2) is 48.0 Å². The second-order valence-corrected chi connectivity index (χ2v) is 8.64. The molecule has 1 unspecified atom stereocenters. The van der Waals surface area contributed by atoms with Gasteiger partial charge in [-0.2, -0.15) is 0 Å². The minimum Gasteiger partial charge on any atom is -0.507 e. The minimum absolute atomic E-state index is 0.0332. The summed E-state index contributed by atoms with van der Waals surface area (Å²) in [5.74, 6) is -0.988. The number of ketones is 1. The molecule has 1 amide bonds. The zero-order valence-electron chi connectivity index (χ0n) is 17.9. The lowest BCUT2D eigenvalue weighted by molar-refractivity contribution is -0.141. The fourth-order valence-electron chi connectivity index (χ4n) is 4.51. The fourth-order valence-corrected chi connectivity index (χ4v) is 4.70. The first kappa shape index (κ1) is 22.2. The van der Waals surface area contributed by atoms with Gasteiger partial charge in [0.25, 0.3) is 11.7 Å². The standard InChI is InChI=1S/C25H26ClNO5/c1-2-13-32-18-10-7-15(8-11-18)23(29)21-22(16-9-12-20(28)19(26)14-16)27(25(31)24(21)30)17-5-3-4-6-17/h7-12,14,17,22,28-29H,2-6,13H2,1H3/b23-21-. The molecule has 1 saturated heterocycles. The summed E-state index contributed by atoms with van der Waals surface area (Å²) in [5.41, 5.74) is 1.03. The smallest absolute Gasteiger partial charge is 0.295 e. The van der Waals surface area contributed by atoms with E-state index in [1.807, 2.05) is 6.92 Å². The minimum atomic E-state index is -0.771. The van der Waals surface area contributed by atoms with Crippen LogP contribution in [0.2, 0.25) is 5.02 Å². The molecule has 7 heteroatoms. The zero-order valence-corrected chi connectivity index (χ0v) is 18.6. The highest BCUT2D eigenvalue weighted by atomic mass is 35.5. The van der Waals surface area contributed by atoms with Crippen LogP contribution in [0.5, 0.6) is 11.5 Å². The van der Waals surface area contributed by atoms with E-state index in [1.54, 1.807) is 41.3 Å². The van der Waals surface area contributed by atoms with Crippen molar-refractivity contribution in [2.45, 2.75) is 51.1 Å². The van der Waals surface area contributed by atoms with Crippen LogP contribution in [0.3, 0.4) is 0 Å². The first-order valence-corrected chi connectivity index (χ1v) is 11.3. The van der Waals surface area contributed by atoms with Crippen LogP contribution >= 0.6 is 11.6 Å². The highest BCUT2D eigenvalue weighted by Crippen LogP contribution is 2.44. The normalized spacial score (nSPS) is 20.8. The van der Waals surface area contributed by atoms with Crippen LogP contribution in [-0.4, -0.2) is 39.5 Å². The van der Waals surface area contributed by atoms with E-state index in [2.05, 4.69) is 0 Å². The Labute approximate surface area is 192 Å². The molecule has 1 aliphatic heterocycles. The lowest BCUT2D eigenvalue weighted by Gasteiger charge is -2.31. The molecule has 168 valence electrons. The number of Topliss-reactive ketones (excluding diaryl/α,β-unsaturated/α-hetero) is 1. The number of carbonyl (C=O) groups excluding carboxylic acids is 2. The number of likely N-dealkylation sites (tertiary alicyclic amines) is 1. The van der Waals surface area contributed by atoms with Crippen molar-refractivity contribution >= 4 is 29.1 Å². The third kappa shape index (κ3) is 4.07. The molecular formula is C25H26ClNO5. The van der Waals surface area contributed by atoms with Gasteiger partial charge >= 0.3 is 0 Å². The second kappa shape index (κ2) is 9.25. The van der Waals surface area contributed by atoms with Gasteiger partial charge in [0.1, 0.15) is 17.3 Å². The van der Waals surface area contributed by atoms with Crippen LogP contribution < -0.4 is 4.74 Å². The second-order valence-electron chi connectivity index (χ2n) is 8.23. The summed E-state index contributed by atoms with van der Waals surface area (Å²) in [6, 6.07) is 10.6. The van der Waals surface area contributed by atoms with Gasteiger partial charge in [0, 0.05) is 11.6 Å². The number of phenols is 1. The lowest BCUT2D eigenvalue weighted by atomic mass is 9.94. The zero-order chi connectivity index (χ0) is 22.8. The van der Waals surface area contributed by atoms with Crippen molar-refractivity contribution in [1.29, 1.82) is 0 Å². The Morgan fingerprint density at radius 2 is 1.81 bits per heavy atom. The quantitative estimate of drug-likeness (QED) is 0.355. The number of benzene rings is 2. The summed E-state index contributed by atoms with van der Waals surface area (Å²) >= 11 is 6.14. The molecule has 2 fully saturated rings. The van der Waals surface area contributed by atoms with Crippen molar-refractivity contribution in [3.8, 4) is 11.5 Å². The Morgan fingerprint density at radius 1 is 1.12 bits per heavy atom. The van der Waals surface area contributed by atoms with E-state index in [0.29, 0.717) is 23.5 Å². The Kier molecular flexibility index (Phi) is 6.42. The largest absolute Gasteiger partial charge is 0.507 e. The monoisotopic (exact) mass is 455 g/mol. The number of carbonyl (C=O) groups is 2. The van der Waals surface area contributed by atoms with Gasteiger partial charge < -0.3 is 19.8 Å². The number of halogens is 1. The lowest BCUT2D eigenvalue weighted by Crippen LogP contribution is -2.37. The predicted molar refractivity (Wildman–Crippen MR) is 122 cm³/mol. The van der Waals surface area contributed by atoms with E-state index in [1.165, 1.54) is 6.07 Å². The highest BCUT2D eigenvalue weighted by Gasteiger charge is 2.49. The summed E-state index contributed by atoms with van der Waals surface area (Å²) in [7, 11) is 0. The third-order valence-corrected chi connectivity index (χ3v) is 6.39. The van der Waals surface area contributed by atoms with Gasteiger partial charge in [0.05, 0.1) is 23.2 Å². The summed E-state index contributed by atoms with van der Waals surface area (Å²) in [6.45, 7) is 2.60. The average molecular weight is 456 g/mol. The number of nitrogens with zero attached hydrogens (tertiary/aromatic N) is 1. The van der Waals surface area contributed by atoms with E-state index < -0.39 is 17.7 Å². The maximum absolute atomic E-state index is 13.1. The number of aliphatic hydroxyl groups is 1. The van der Waals surface area contributed by atoms with Crippen molar-refractivity contribution in [3.63, 3.8) is 0 Å².